The summed E-state index contributed by atoms with van der Waals surface area (Å²) in [5.74, 6) is 0.116. The van der Waals surface area contributed by atoms with E-state index in [-0.39, 0.29) is 5.91 Å². The molecule has 2 rings (SSSR count). The maximum Gasteiger partial charge on any atom is 0.255 e. The van der Waals surface area contributed by atoms with Crippen LogP contribution in [0, 0.1) is 14.9 Å². The maximum atomic E-state index is 12.4. The second-order valence-corrected chi connectivity index (χ2v) is 5.68. The molecule has 0 aromatic heterocycles. The van der Waals surface area contributed by atoms with Gasteiger partial charge in [-0.3, -0.25) is 9.69 Å². The molecule has 0 spiro atoms. The van der Waals surface area contributed by atoms with Gasteiger partial charge in [0.05, 0.1) is 11.6 Å². The van der Waals surface area contributed by atoms with E-state index < -0.39 is 0 Å². The Morgan fingerprint density at radius 3 is 2.58 bits per heavy atom. The lowest BCUT2D eigenvalue weighted by Crippen LogP contribution is -2.48. The molecule has 0 unspecified atom stereocenters. The minimum atomic E-state index is 0.116. The number of benzene rings is 1. The van der Waals surface area contributed by atoms with E-state index in [0.717, 1.165) is 41.9 Å². The molecule has 1 aliphatic rings. The monoisotopic (exact) mass is 369 g/mol. The standard InChI is InChI=1S/C14H16IN3O/c15-13-5-2-1-4-12(13)14(19)18-10-8-17(9-11-18)7-3-6-16/h1-2,4-5H,3,7-11H2. The zero-order valence-electron chi connectivity index (χ0n) is 10.7. The van der Waals surface area contributed by atoms with Crippen LogP contribution in [0.1, 0.15) is 16.8 Å². The minimum absolute atomic E-state index is 0.116. The molecule has 0 saturated carbocycles. The van der Waals surface area contributed by atoms with E-state index in [1.54, 1.807) is 0 Å². The molecule has 0 atom stereocenters. The number of amides is 1. The summed E-state index contributed by atoms with van der Waals surface area (Å²) in [5.41, 5.74) is 0.786. The Morgan fingerprint density at radius 2 is 1.95 bits per heavy atom. The smallest absolute Gasteiger partial charge is 0.255 e. The summed E-state index contributed by atoms with van der Waals surface area (Å²) in [7, 11) is 0. The van der Waals surface area contributed by atoms with Crippen LogP contribution in [0.15, 0.2) is 24.3 Å². The van der Waals surface area contributed by atoms with E-state index in [0.29, 0.717) is 6.42 Å². The third-order valence-electron chi connectivity index (χ3n) is 3.30. The van der Waals surface area contributed by atoms with Crippen LogP contribution in [0.3, 0.4) is 0 Å². The highest BCUT2D eigenvalue weighted by Crippen LogP contribution is 2.15. The maximum absolute atomic E-state index is 12.4. The molecule has 0 aliphatic carbocycles. The van der Waals surface area contributed by atoms with Gasteiger partial charge in [0.1, 0.15) is 0 Å². The first kappa shape index (κ1) is 14.3. The van der Waals surface area contributed by atoms with Gasteiger partial charge in [-0.15, -0.1) is 0 Å². The molecular weight excluding hydrogens is 353 g/mol. The molecule has 0 bridgehead atoms. The van der Waals surface area contributed by atoms with E-state index in [9.17, 15) is 4.79 Å². The van der Waals surface area contributed by atoms with Crippen molar-refractivity contribution in [1.29, 1.82) is 5.26 Å². The summed E-state index contributed by atoms with van der Waals surface area (Å²) in [6.07, 6.45) is 0.560. The van der Waals surface area contributed by atoms with Crippen LogP contribution in [0.5, 0.6) is 0 Å². The molecule has 1 amide bonds. The van der Waals surface area contributed by atoms with Gasteiger partial charge in [-0.1, -0.05) is 12.1 Å². The number of hydrogen-bond acceptors (Lipinski definition) is 3. The summed E-state index contributed by atoms with van der Waals surface area (Å²) < 4.78 is 0.997. The first-order chi connectivity index (χ1) is 9.22. The fraction of sp³-hybridized carbons (Fsp3) is 0.429. The van der Waals surface area contributed by atoms with E-state index in [1.165, 1.54) is 0 Å². The lowest BCUT2D eigenvalue weighted by molar-refractivity contribution is 0.0638. The second-order valence-electron chi connectivity index (χ2n) is 4.52. The molecule has 0 radical (unpaired) electrons. The average molecular weight is 369 g/mol. The zero-order chi connectivity index (χ0) is 13.7. The lowest BCUT2D eigenvalue weighted by atomic mass is 10.2. The molecule has 1 aromatic rings. The lowest BCUT2D eigenvalue weighted by Gasteiger charge is -2.34. The fourth-order valence-corrected chi connectivity index (χ4v) is 2.81. The number of carbonyl (C=O) groups excluding carboxylic acids is 1. The topological polar surface area (TPSA) is 47.3 Å². The van der Waals surface area contributed by atoms with Gasteiger partial charge in [0.15, 0.2) is 0 Å². The van der Waals surface area contributed by atoms with Gasteiger partial charge >= 0.3 is 0 Å². The van der Waals surface area contributed by atoms with Crippen LogP contribution >= 0.6 is 22.6 Å². The normalized spacial score (nSPS) is 16.1. The third kappa shape index (κ3) is 3.67. The molecular formula is C14H16IN3O. The Balaban J connectivity index is 1.93. The summed E-state index contributed by atoms with van der Waals surface area (Å²) >= 11 is 2.20. The molecule has 100 valence electrons. The summed E-state index contributed by atoms with van der Waals surface area (Å²) in [6.45, 7) is 4.01. The van der Waals surface area contributed by atoms with Gasteiger partial charge in [-0.2, -0.15) is 5.26 Å². The van der Waals surface area contributed by atoms with E-state index >= 15 is 0 Å². The molecule has 1 aliphatic heterocycles. The molecule has 1 fully saturated rings. The van der Waals surface area contributed by atoms with Crippen molar-refractivity contribution in [3.05, 3.63) is 33.4 Å². The van der Waals surface area contributed by atoms with Crippen molar-refractivity contribution in [3.63, 3.8) is 0 Å². The first-order valence-electron chi connectivity index (χ1n) is 6.35. The number of hydrogen-bond donors (Lipinski definition) is 0. The largest absolute Gasteiger partial charge is 0.336 e. The second kappa shape index (κ2) is 6.87. The van der Waals surface area contributed by atoms with E-state index in [2.05, 4.69) is 33.6 Å². The number of nitrogens with zero attached hydrogens (tertiary/aromatic N) is 3. The number of carbonyl (C=O) groups is 1. The van der Waals surface area contributed by atoms with Crippen molar-refractivity contribution < 1.29 is 4.79 Å². The summed E-state index contributed by atoms with van der Waals surface area (Å²) in [5, 5.41) is 8.57. The molecule has 0 N–H and O–H groups in total. The van der Waals surface area contributed by atoms with Crippen molar-refractivity contribution >= 4 is 28.5 Å². The SMILES string of the molecule is N#CCCN1CCN(C(=O)c2ccccc2I)CC1. The number of rotatable bonds is 3. The zero-order valence-corrected chi connectivity index (χ0v) is 12.8. The van der Waals surface area contributed by atoms with Crippen molar-refractivity contribution in [2.75, 3.05) is 32.7 Å². The van der Waals surface area contributed by atoms with E-state index in [4.69, 9.17) is 5.26 Å². The Labute approximate surface area is 127 Å². The summed E-state index contributed by atoms with van der Waals surface area (Å²) in [6, 6.07) is 9.84. The highest BCUT2D eigenvalue weighted by atomic mass is 127. The van der Waals surface area contributed by atoms with Crippen LogP contribution in [0.4, 0.5) is 0 Å². The molecule has 4 nitrogen and oxygen atoms in total. The molecule has 5 heteroatoms. The van der Waals surface area contributed by atoms with Gasteiger partial charge in [0, 0.05) is 42.7 Å². The van der Waals surface area contributed by atoms with Crippen molar-refractivity contribution in [2.24, 2.45) is 0 Å². The summed E-state index contributed by atoms with van der Waals surface area (Å²) in [4.78, 5) is 16.5. The van der Waals surface area contributed by atoms with Crippen LogP contribution in [0.25, 0.3) is 0 Å². The molecule has 1 saturated heterocycles. The van der Waals surface area contributed by atoms with Crippen LogP contribution in [-0.4, -0.2) is 48.4 Å². The van der Waals surface area contributed by atoms with Crippen molar-refractivity contribution in [1.82, 2.24) is 9.80 Å². The quantitative estimate of drug-likeness (QED) is 0.766. The number of halogens is 1. The van der Waals surface area contributed by atoms with Crippen LogP contribution in [0.2, 0.25) is 0 Å². The van der Waals surface area contributed by atoms with Gasteiger partial charge < -0.3 is 4.90 Å². The number of nitriles is 1. The van der Waals surface area contributed by atoms with Crippen LogP contribution in [-0.2, 0) is 0 Å². The third-order valence-corrected chi connectivity index (χ3v) is 4.24. The van der Waals surface area contributed by atoms with Crippen molar-refractivity contribution in [2.45, 2.75) is 6.42 Å². The Bertz CT molecular complexity index is 490. The average Bonchev–Trinajstić information content (AvgIpc) is 2.45. The minimum Gasteiger partial charge on any atom is -0.336 e. The van der Waals surface area contributed by atoms with Crippen LogP contribution < -0.4 is 0 Å². The van der Waals surface area contributed by atoms with Gasteiger partial charge in [0.25, 0.3) is 5.91 Å². The molecule has 1 aromatic carbocycles. The Kier molecular flexibility index (Phi) is 5.16. The predicted octanol–water partition coefficient (Wildman–Crippen LogP) is 1.96. The Morgan fingerprint density at radius 1 is 1.26 bits per heavy atom. The fourth-order valence-electron chi connectivity index (χ4n) is 2.19. The number of piperazine rings is 1. The highest BCUT2D eigenvalue weighted by Gasteiger charge is 2.22. The molecule has 1 heterocycles. The van der Waals surface area contributed by atoms with E-state index in [1.807, 2.05) is 29.2 Å². The first-order valence-corrected chi connectivity index (χ1v) is 7.43. The van der Waals surface area contributed by atoms with Gasteiger partial charge in [-0.05, 0) is 34.7 Å². The Hall–Kier alpha value is -1.13. The van der Waals surface area contributed by atoms with Crippen molar-refractivity contribution in [3.8, 4) is 6.07 Å². The predicted molar refractivity (Wildman–Crippen MR) is 81.7 cm³/mol. The molecule has 19 heavy (non-hydrogen) atoms. The highest BCUT2D eigenvalue weighted by molar-refractivity contribution is 14.1. The van der Waals surface area contributed by atoms with Gasteiger partial charge in [-0.25, -0.2) is 0 Å². The van der Waals surface area contributed by atoms with Gasteiger partial charge in [0.2, 0.25) is 0 Å².